The zero-order valence-corrected chi connectivity index (χ0v) is 14.0. The Hall–Kier alpha value is -2.08. The molecule has 1 aliphatic carbocycles. The molecule has 5 nitrogen and oxygen atoms in total. The van der Waals surface area contributed by atoms with Crippen LogP contribution in [-0.4, -0.2) is 24.2 Å². The van der Waals surface area contributed by atoms with Gasteiger partial charge in [-0.3, -0.25) is 0 Å². The number of ether oxygens (including phenoxy) is 1. The van der Waals surface area contributed by atoms with Gasteiger partial charge in [-0.15, -0.1) is 11.3 Å². The fourth-order valence-corrected chi connectivity index (χ4v) is 3.58. The van der Waals surface area contributed by atoms with E-state index in [-0.39, 0.29) is 12.1 Å². The van der Waals surface area contributed by atoms with Gasteiger partial charge in [0.1, 0.15) is 10.8 Å². The van der Waals surface area contributed by atoms with Gasteiger partial charge in [-0.1, -0.05) is 12.1 Å². The standard InChI is InChI=1S/C17H21N3O2S/c1-22-15-7-2-4-12-10-13(5-3-6-14(12)15)20-17(21)19-11-16-18-8-9-23-16/h2,4,7-9,13H,3,5-6,10-11H2,1H3,(H2,19,20,21). The molecular weight excluding hydrogens is 310 g/mol. The van der Waals surface area contributed by atoms with Crippen LogP contribution in [0.1, 0.15) is 29.0 Å². The van der Waals surface area contributed by atoms with E-state index in [4.69, 9.17) is 4.74 Å². The number of nitrogens with one attached hydrogen (secondary N) is 2. The lowest BCUT2D eigenvalue weighted by molar-refractivity contribution is 0.235. The Bertz CT molecular complexity index is 658. The average molecular weight is 331 g/mol. The second-order valence-corrected chi connectivity index (χ2v) is 6.62. The Labute approximate surface area is 140 Å². The maximum atomic E-state index is 12.1. The molecule has 0 saturated heterocycles. The van der Waals surface area contributed by atoms with Crippen molar-refractivity contribution in [2.45, 2.75) is 38.3 Å². The van der Waals surface area contributed by atoms with Crippen molar-refractivity contribution in [2.75, 3.05) is 7.11 Å². The van der Waals surface area contributed by atoms with E-state index >= 15 is 0 Å². The third-order valence-electron chi connectivity index (χ3n) is 4.11. The third-order valence-corrected chi connectivity index (χ3v) is 4.89. The summed E-state index contributed by atoms with van der Waals surface area (Å²) in [5.41, 5.74) is 2.55. The first kappa shape index (κ1) is 15.8. The van der Waals surface area contributed by atoms with Crippen LogP contribution >= 0.6 is 11.3 Å². The molecule has 2 amide bonds. The summed E-state index contributed by atoms with van der Waals surface area (Å²) in [6, 6.07) is 6.18. The highest BCUT2D eigenvalue weighted by molar-refractivity contribution is 7.09. The van der Waals surface area contributed by atoms with Gasteiger partial charge in [-0.25, -0.2) is 9.78 Å². The minimum absolute atomic E-state index is 0.128. The molecule has 0 spiro atoms. The summed E-state index contributed by atoms with van der Waals surface area (Å²) >= 11 is 1.54. The van der Waals surface area contributed by atoms with Crippen molar-refractivity contribution in [2.24, 2.45) is 0 Å². The van der Waals surface area contributed by atoms with Gasteiger partial charge in [0.2, 0.25) is 0 Å². The summed E-state index contributed by atoms with van der Waals surface area (Å²) in [5.74, 6) is 0.955. The number of hydrogen-bond donors (Lipinski definition) is 2. The lowest BCUT2D eigenvalue weighted by Gasteiger charge is -2.17. The number of amides is 2. The van der Waals surface area contributed by atoms with Crippen LogP contribution in [-0.2, 0) is 19.4 Å². The molecule has 1 aromatic carbocycles. The van der Waals surface area contributed by atoms with Gasteiger partial charge in [0.15, 0.2) is 0 Å². The maximum Gasteiger partial charge on any atom is 0.315 e. The molecule has 122 valence electrons. The predicted octanol–water partition coefficient (Wildman–Crippen LogP) is 2.90. The molecule has 2 aromatic rings. The van der Waals surface area contributed by atoms with E-state index in [2.05, 4.69) is 21.7 Å². The normalized spacial score (nSPS) is 17.0. The fourth-order valence-electron chi connectivity index (χ4n) is 3.03. The number of carbonyl (C=O) groups excluding carboxylic acids is 1. The molecule has 0 aliphatic heterocycles. The molecule has 1 aromatic heterocycles. The van der Waals surface area contributed by atoms with Crippen LogP contribution < -0.4 is 15.4 Å². The highest BCUT2D eigenvalue weighted by atomic mass is 32.1. The number of methoxy groups -OCH3 is 1. The van der Waals surface area contributed by atoms with E-state index in [0.717, 1.165) is 36.4 Å². The number of thiazole rings is 1. The minimum Gasteiger partial charge on any atom is -0.496 e. The molecule has 0 radical (unpaired) electrons. The van der Waals surface area contributed by atoms with Crippen LogP contribution in [0.15, 0.2) is 29.8 Å². The first-order valence-electron chi connectivity index (χ1n) is 7.83. The van der Waals surface area contributed by atoms with Gasteiger partial charge >= 0.3 is 6.03 Å². The van der Waals surface area contributed by atoms with E-state index in [1.807, 2.05) is 17.5 Å². The number of carbonyl (C=O) groups is 1. The molecule has 6 heteroatoms. The van der Waals surface area contributed by atoms with Crippen molar-refractivity contribution < 1.29 is 9.53 Å². The average Bonchev–Trinajstić information content (AvgIpc) is 2.99. The van der Waals surface area contributed by atoms with Gasteiger partial charge in [0.05, 0.1) is 13.7 Å². The first-order chi connectivity index (χ1) is 11.3. The highest BCUT2D eigenvalue weighted by Gasteiger charge is 2.20. The Morgan fingerprint density at radius 1 is 1.48 bits per heavy atom. The summed E-state index contributed by atoms with van der Waals surface area (Å²) < 4.78 is 5.46. The Morgan fingerprint density at radius 2 is 2.39 bits per heavy atom. The maximum absolute atomic E-state index is 12.1. The van der Waals surface area contributed by atoms with E-state index in [0.29, 0.717) is 6.54 Å². The van der Waals surface area contributed by atoms with Crippen LogP contribution in [0.2, 0.25) is 0 Å². The van der Waals surface area contributed by atoms with Gasteiger partial charge in [-0.2, -0.15) is 0 Å². The number of rotatable bonds is 4. The first-order valence-corrected chi connectivity index (χ1v) is 8.71. The number of nitrogens with zero attached hydrogens (tertiary/aromatic N) is 1. The second kappa shape index (κ2) is 7.46. The molecule has 23 heavy (non-hydrogen) atoms. The van der Waals surface area contributed by atoms with E-state index in [1.165, 1.54) is 11.1 Å². The number of urea groups is 1. The van der Waals surface area contributed by atoms with Crippen LogP contribution in [0, 0.1) is 0 Å². The quantitative estimate of drug-likeness (QED) is 0.847. The van der Waals surface area contributed by atoms with Crippen LogP contribution in [0.5, 0.6) is 5.75 Å². The summed E-state index contributed by atoms with van der Waals surface area (Å²) in [6.07, 6.45) is 5.61. The SMILES string of the molecule is COc1cccc2c1CCCC(NC(=O)NCc1nccs1)C2. The lowest BCUT2D eigenvalue weighted by atomic mass is 10.0. The van der Waals surface area contributed by atoms with Gasteiger partial charge in [0, 0.05) is 17.6 Å². The van der Waals surface area contributed by atoms with Gasteiger partial charge < -0.3 is 15.4 Å². The largest absolute Gasteiger partial charge is 0.496 e. The van der Waals surface area contributed by atoms with E-state index in [9.17, 15) is 4.79 Å². The van der Waals surface area contributed by atoms with Gasteiger partial charge in [0.25, 0.3) is 0 Å². The van der Waals surface area contributed by atoms with Crippen molar-refractivity contribution in [3.8, 4) is 5.75 Å². The zero-order valence-electron chi connectivity index (χ0n) is 13.2. The van der Waals surface area contributed by atoms with Crippen LogP contribution in [0.4, 0.5) is 4.79 Å². The zero-order chi connectivity index (χ0) is 16.1. The van der Waals surface area contributed by atoms with Crippen LogP contribution in [0.3, 0.4) is 0 Å². The Balaban J connectivity index is 1.59. The molecule has 3 rings (SSSR count). The van der Waals surface area contributed by atoms with Crippen LogP contribution in [0.25, 0.3) is 0 Å². The van der Waals surface area contributed by atoms with Crippen molar-refractivity contribution in [1.29, 1.82) is 0 Å². The van der Waals surface area contributed by atoms with E-state index in [1.54, 1.807) is 24.6 Å². The molecule has 1 atom stereocenters. The van der Waals surface area contributed by atoms with Crippen molar-refractivity contribution in [1.82, 2.24) is 15.6 Å². The number of aromatic nitrogens is 1. The fraction of sp³-hybridized carbons (Fsp3) is 0.412. The summed E-state index contributed by atoms with van der Waals surface area (Å²) in [4.78, 5) is 16.2. The van der Waals surface area contributed by atoms with Gasteiger partial charge in [-0.05, 0) is 42.9 Å². The number of fused-ring (bicyclic) bond motifs is 1. The van der Waals surface area contributed by atoms with Crippen molar-refractivity contribution in [3.63, 3.8) is 0 Å². The second-order valence-electron chi connectivity index (χ2n) is 5.64. The smallest absolute Gasteiger partial charge is 0.315 e. The molecular formula is C17H21N3O2S. The molecule has 0 fully saturated rings. The summed E-state index contributed by atoms with van der Waals surface area (Å²) in [7, 11) is 1.71. The topological polar surface area (TPSA) is 63.2 Å². The molecule has 0 bridgehead atoms. The molecule has 1 unspecified atom stereocenters. The predicted molar refractivity (Wildman–Crippen MR) is 90.9 cm³/mol. The number of hydrogen-bond acceptors (Lipinski definition) is 4. The van der Waals surface area contributed by atoms with E-state index < -0.39 is 0 Å². The Morgan fingerprint density at radius 3 is 3.17 bits per heavy atom. The highest BCUT2D eigenvalue weighted by Crippen LogP contribution is 2.28. The molecule has 1 aliphatic rings. The number of benzene rings is 1. The summed E-state index contributed by atoms with van der Waals surface area (Å²) in [6.45, 7) is 0.473. The monoisotopic (exact) mass is 331 g/mol. The van der Waals surface area contributed by atoms with Crippen molar-refractivity contribution >= 4 is 17.4 Å². The lowest BCUT2D eigenvalue weighted by Crippen LogP contribution is -2.42. The molecule has 1 heterocycles. The minimum atomic E-state index is -0.128. The summed E-state index contributed by atoms with van der Waals surface area (Å²) in [5, 5.41) is 8.78. The molecule has 0 saturated carbocycles. The van der Waals surface area contributed by atoms with Crippen molar-refractivity contribution in [3.05, 3.63) is 45.9 Å². The molecule has 2 N–H and O–H groups in total. The Kier molecular flexibility index (Phi) is 5.12. The third kappa shape index (κ3) is 4.01.